The zero-order chi connectivity index (χ0) is 10.7. The Balaban J connectivity index is 1.83. The van der Waals surface area contributed by atoms with Crippen LogP contribution in [0.3, 0.4) is 0 Å². The third-order valence-corrected chi connectivity index (χ3v) is 4.84. The van der Waals surface area contributed by atoms with Gasteiger partial charge < -0.3 is 0 Å². The first-order chi connectivity index (χ1) is 7.25. The number of thioether (sulfide) groups is 2. The van der Waals surface area contributed by atoms with Crippen molar-refractivity contribution in [2.75, 3.05) is 23.8 Å². The largest absolute Gasteiger partial charge is 0.316 e. The minimum atomic E-state index is -0.626. The summed E-state index contributed by atoms with van der Waals surface area (Å²) in [6.07, 6.45) is 0. The number of nitrogens with one attached hydrogen (secondary N) is 2. The van der Waals surface area contributed by atoms with Crippen molar-refractivity contribution in [1.82, 2.24) is 10.6 Å². The number of aliphatic imine (C=N–C) groups is 1. The summed E-state index contributed by atoms with van der Waals surface area (Å²) in [7, 11) is 0. The molecule has 5 nitrogen and oxygen atoms in total. The van der Waals surface area contributed by atoms with Gasteiger partial charge in [0, 0.05) is 22.5 Å². The Labute approximate surface area is 95.8 Å². The van der Waals surface area contributed by atoms with Crippen LogP contribution in [-0.4, -0.2) is 46.8 Å². The van der Waals surface area contributed by atoms with Gasteiger partial charge in [-0.15, -0.1) is 0 Å². The first-order valence-electron chi connectivity index (χ1n) is 4.62. The van der Waals surface area contributed by atoms with E-state index < -0.39 is 11.8 Å². The van der Waals surface area contributed by atoms with Gasteiger partial charge in [-0.25, -0.2) is 0 Å². The van der Waals surface area contributed by atoms with Gasteiger partial charge in [0.05, 0.1) is 6.54 Å². The Kier molecular flexibility index (Phi) is 3.53. The van der Waals surface area contributed by atoms with E-state index in [0.29, 0.717) is 17.8 Å². The third kappa shape index (κ3) is 2.88. The van der Waals surface area contributed by atoms with Gasteiger partial charge in [-0.1, -0.05) is 0 Å². The second kappa shape index (κ2) is 4.89. The van der Waals surface area contributed by atoms with Gasteiger partial charge in [-0.3, -0.25) is 25.2 Å². The van der Waals surface area contributed by atoms with Crippen molar-refractivity contribution in [3.05, 3.63) is 0 Å². The average Bonchev–Trinajstić information content (AvgIpc) is 2.57. The van der Waals surface area contributed by atoms with Gasteiger partial charge in [-0.2, -0.15) is 23.5 Å². The predicted molar refractivity (Wildman–Crippen MR) is 62.2 cm³/mol. The van der Waals surface area contributed by atoms with E-state index in [0.717, 1.165) is 11.5 Å². The maximum absolute atomic E-state index is 10.8. The molecule has 0 spiro atoms. The highest BCUT2D eigenvalue weighted by Gasteiger charge is 2.25. The van der Waals surface area contributed by atoms with E-state index >= 15 is 0 Å². The van der Waals surface area contributed by atoms with Crippen molar-refractivity contribution in [3.63, 3.8) is 0 Å². The van der Waals surface area contributed by atoms with Gasteiger partial charge >= 0.3 is 11.8 Å². The molecule has 2 N–H and O–H groups in total. The molecule has 1 unspecified atom stereocenters. The van der Waals surface area contributed by atoms with E-state index in [2.05, 4.69) is 15.6 Å². The van der Waals surface area contributed by atoms with Gasteiger partial charge in [0.15, 0.2) is 0 Å². The number of hydrogen-bond acceptors (Lipinski definition) is 5. The molecule has 82 valence electrons. The SMILES string of the molecule is O=C1NC(=NCC2CSCCS2)NC1=O. The van der Waals surface area contributed by atoms with Crippen LogP contribution in [0.1, 0.15) is 0 Å². The lowest BCUT2D eigenvalue weighted by atomic mass is 10.5. The molecule has 0 radical (unpaired) electrons. The van der Waals surface area contributed by atoms with Gasteiger partial charge in [0.2, 0.25) is 5.96 Å². The summed E-state index contributed by atoms with van der Waals surface area (Å²) in [6.45, 7) is 0.646. The van der Waals surface area contributed by atoms with Crippen LogP contribution in [0.5, 0.6) is 0 Å². The van der Waals surface area contributed by atoms with E-state index in [1.807, 2.05) is 23.5 Å². The van der Waals surface area contributed by atoms with E-state index in [1.165, 1.54) is 5.75 Å². The van der Waals surface area contributed by atoms with Crippen molar-refractivity contribution in [2.45, 2.75) is 5.25 Å². The number of nitrogens with zero attached hydrogens (tertiary/aromatic N) is 1. The molecular formula is C8H11N3O2S2. The Morgan fingerprint density at radius 3 is 2.60 bits per heavy atom. The lowest BCUT2D eigenvalue weighted by Crippen LogP contribution is -2.28. The van der Waals surface area contributed by atoms with Crippen LogP contribution in [-0.2, 0) is 9.59 Å². The van der Waals surface area contributed by atoms with Crippen molar-refractivity contribution in [1.29, 1.82) is 0 Å². The summed E-state index contributed by atoms with van der Waals surface area (Å²) in [4.78, 5) is 25.8. The number of amides is 2. The van der Waals surface area contributed by atoms with Crippen LogP contribution in [0.2, 0.25) is 0 Å². The van der Waals surface area contributed by atoms with Gasteiger partial charge in [0.25, 0.3) is 0 Å². The van der Waals surface area contributed by atoms with Crippen molar-refractivity contribution in [2.24, 2.45) is 4.99 Å². The van der Waals surface area contributed by atoms with Crippen LogP contribution in [0.25, 0.3) is 0 Å². The first kappa shape index (κ1) is 10.8. The van der Waals surface area contributed by atoms with E-state index in [1.54, 1.807) is 0 Å². The number of carbonyl (C=O) groups excluding carboxylic acids is 2. The fraction of sp³-hybridized carbons (Fsp3) is 0.625. The molecule has 0 saturated carbocycles. The number of carbonyl (C=O) groups is 2. The molecule has 2 rings (SSSR count). The molecule has 1 atom stereocenters. The molecule has 2 fully saturated rings. The minimum absolute atomic E-state index is 0.293. The third-order valence-electron chi connectivity index (χ3n) is 2.01. The Hall–Kier alpha value is -0.690. The minimum Gasteiger partial charge on any atom is -0.288 e. The molecule has 0 bridgehead atoms. The van der Waals surface area contributed by atoms with Crippen LogP contribution < -0.4 is 10.6 Å². The topological polar surface area (TPSA) is 70.6 Å². The molecule has 0 aromatic carbocycles. The molecule has 2 saturated heterocycles. The Morgan fingerprint density at radius 1 is 1.27 bits per heavy atom. The summed E-state index contributed by atoms with van der Waals surface area (Å²) >= 11 is 3.82. The molecule has 7 heteroatoms. The lowest BCUT2D eigenvalue weighted by molar-refractivity contribution is -0.135. The van der Waals surface area contributed by atoms with Crippen molar-refractivity contribution >= 4 is 41.3 Å². The van der Waals surface area contributed by atoms with Crippen LogP contribution in [0.15, 0.2) is 4.99 Å². The van der Waals surface area contributed by atoms with Crippen LogP contribution >= 0.6 is 23.5 Å². The quantitative estimate of drug-likeness (QED) is 0.640. The molecular weight excluding hydrogens is 234 g/mol. The van der Waals surface area contributed by atoms with Crippen LogP contribution in [0.4, 0.5) is 0 Å². The lowest BCUT2D eigenvalue weighted by Gasteiger charge is -2.18. The monoisotopic (exact) mass is 245 g/mol. The number of guanidine groups is 1. The van der Waals surface area contributed by atoms with Crippen molar-refractivity contribution in [3.8, 4) is 0 Å². The standard InChI is InChI=1S/C8H11N3O2S2/c12-6-7(13)11-8(10-6)9-3-5-4-14-1-2-15-5/h5H,1-4H2,(H2,9,10,11,12,13). The smallest absolute Gasteiger partial charge is 0.288 e. The highest BCUT2D eigenvalue weighted by atomic mass is 32.2. The molecule has 2 heterocycles. The second-order valence-electron chi connectivity index (χ2n) is 3.17. The average molecular weight is 245 g/mol. The molecule has 0 aromatic rings. The highest BCUT2D eigenvalue weighted by Crippen LogP contribution is 2.23. The Morgan fingerprint density at radius 2 is 2.00 bits per heavy atom. The van der Waals surface area contributed by atoms with Gasteiger partial charge in [-0.05, 0) is 0 Å². The van der Waals surface area contributed by atoms with Crippen molar-refractivity contribution < 1.29 is 9.59 Å². The highest BCUT2D eigenvalue weighted by molar-refractivity contribution is 8.06. The molecule has 2 amide bonds. The summed E-state index contributed by atoms with van der Waals surface area (Å²) in [5.41, 5.74) is 0. The van der Waals surface area contributed by atoms with E-state index in [4.69, 9.17) is 0 Å². The molecule has 2 aliphatic heterocycles. The summed E-state index contributed by atoms with van der Waals surface area (Å²) < 4.78 is 0. The number of rotatable bonds is 2. The summed E-state index contributed by atoms with van der Waals surface area (Å²) in [6, 6.07) is 0. The summed E-state index contributed by atoms with van der Waals surface area (Å²) in [5.74, 6) is 2.48. The molecule has 0 aromatic heterocycles. The number of hydrogen-bond donors (Lipinski definition) is 2. The molecule has 0 aliphatic carbocycles. The van der Waals surface area contributed by atoms with Crippen LogP contribution in [0, 0.1) is 0 Å². The maximum atomic E-state index is 10.8. The second-order valence-corrected chi connectivity index (χ2v) is 5.72. The zero-order valence-corrected chi connectivity index (χ0v) is 9.62. The maximum Gasteiger partial charge on any atom is 0.316 e. The fourth-order valence-corrected chi connectivity index (χ4v) is 3.85. The fourth-order valence-electron chi connectivity index (χ4n) is 1.27. The first-order valence-corrected chi connectivity index (χ1v) is 6.82. The van der Waals surface area contributed by atoms with Gasteiger partial charge in [0.1, 0.15) is 0 Å². The van der Waals surface area contributed by atoms with E-state index in [-0.39, 0.29) is 0 Å². The molecule has 2 aliphatic rings. The predicted octanol–water partition coefficient (Wildman–Crippen LogP) is -0.563. The Bertz CT molecular complexity index is 295. The van der Waals surface area contributed by atoms with E-state index in [9.17, 15) is 9.59 Å². The summed E-state index contributed by atoms with van der Waals surface area (Å²) in [5, 5.41) is 5.25. The zero-order valence-electron chi connectivity index (χ0n) is 7.99. The normalized spacial score (nSPS) is 26.1. The molecule has 15 heavy (non-hydrogen) atoms.